The lowest BCUT2D eigenvalue weighted by atomic mass is 9.94. The summed E-state index contributed by atoms with van der Waals surface area (Å²) in [4.78, 5) is 5.03. The lowest BCUT2D eigenvalue weighted by Crippen LogP contribution is -2.46. The third-order valence-electron chi connectivity index (χ3n) is 5.58. The number of aromatic amines is 1. The molecule has 2 heterocycles. The zero-order valence-corrected chi connectivity index (χ0v) is 15.6. The van der Waals surface area contributed by atoms with Gasteiger partial charge in [-0.3, -0.25) is 10.00 Å². The molecule has 1 saturated heterocycles. The number of H-pyrrole nitrogens is 1. The Morgan fingerprint density at radius 2 is 1.92 bits per heavy atom. The third kappa shape index (κ3) is 4.01. The molecule has 0 spiro atoms. The van der Waals surface area contributed by atoms with E-state index in [9.17, 15) is 0 Å². The van der Waals surface area contributed by atoms with Gasteiger partial charge in [0, 0.05) is 42.6 Å². The molecule has 1 aliphatic heterocycles. The van der Waals surface area contributed by atoms with Gasteiger partial charge in [-0.1, -0.05) is 17.7 Å². The Morgan fingerprint density at radius 3 is 2.76 bits per heavy atom. The topological polar surface area (TPSA) is 35.2 Å². The maximum absolute atomic E-state index is 6.12. The van der Waals surface area contributed by atoms with Gasteiger partial charge in [0.25, 0.3) is 0 Å². The van der Waals surface area contributed by atoms with E-state index in [1.807, 2.05) is 12.1 Å². The summed E-state index contributed by atoms with van der Waals surface area (Å²) in [5.41, 5.74) is 5.50. The van der Waals surface area contributed by atoms with Crippen molar-refractivity contribution in [3.63, 3.8) is 0 Å². The molecule has 134 valence electrons. The average molecular weight is 359 g/mol. The SMILES string of the molecule is Clc1cccc(N2CCN(CCCc3[nH]nc4c3CCCC4)CC2)c1. The second-order valence-electron chi connectivity index (χ2n) is 7.25. The number of nitrogens with zero attached hydrogens (tertiary/aromatic N) is 3. The highest BCUT2D eigenvalue weighted by molar-refractivity contribution is 6.30. The summed E-state index contributed by atoms with van der Waals surface area (Å²) in [6.45, 7) is 5.61. The first-order valence-electron chi connectivity index (χ1n) is 9.57. The van der Waals surface area contributed by atoms with Crippen molar-refractivity contribution in [1.29, 1.82) is 0 Å². The minimum atomic E-state index is 0.822. The van der Waals surface area contributed by atoms with Crippen molar-refractivity contribution in [1.82, 2.24) is 15.1 Å². The third-order valence-corrected chi connectivity index (χ3v) is 5.81. The molecule has 5 heteroatoms. The first kappa shape index (κ1) is 16.9. The summed E-state index contributed by atoms with van der Waals surface area (Å²) in [6.07, 6.45) is 7.36. The van der Waals surface area contributed by atoms with Gasteiger partial charge in [-0.25, -0.2) is 0 Å². The largest absolute Gasteiger partial charge is 0.369 e. The smallest absolute Gasteiger partial charge is 0.0656 e. The van der Waals surface area contributed by atoms with Crippen LogP contribution in [0.5, 0.6) is 0 Å². The van der Waals surface area contributed by atoms with Crippen molar-refractivity contribution in [2.75, 3.05) is 37.6 Å². The number of hydrogen-bond donors (Lipinski definition) is 1. The number of benzene rings is 1. The minimum absolute atomic E-state index is 0.822. The van der Waals surface area contributed by atoms with Crippen molar-refractivity contribution >= 4 is 17.3 Å². The fourth-order valence-electron chi connectivity index (χ4n) is 4.13. The van der Waals surface area contributed by atoms with Gasteiger partial charge < -0.3 is 4.90 Å². The predicted octanol–water partition coefficient (Wildman–Crippen LogP) is 3.70. The van der Waals surface area contributed by atoms with Gasteiger partial charge in [-0.15, -0.1) is 0 Å². The number of anilines is 1. The Hall–Kier alpha value is -1.52. The second-order valence-corrected chi connectivity index (χ2v) is 7.68. The van der Waals surface area contributed by atoms with Crippen LogP contribution in [0.25, 0.3) is 0 Å². The predicted molar refractivity (Wildman–Crippen MR) is 104 cm³/mol. The van der Waals surface area contributed by atoms with E-state index in [1.54, 1.807) is 0 Å². The molecule has 4 nitrogen and oxygen atoms in total. The van der Waals surface area contributed by atoms with E-state index in [2.05, 4.69) is 32.1 Å². The maximum Gasteiger partial charge on any atom is 0.0656 e. The van der Waals surface area contributed by atoms with Crippen molar-refractivity contribution in [3.05, 3.63) is 46.2 Å². The Kier molecular flexibility index (Phi) is 5.28. The van der Waals surface area contributed by atoms with E-state index in [0.29, 0.717) is 0 Å². The molecule has 1 fully saturated rings. The normalized spacial score (nSPS) is 18.4. The van der Waals surface area contributed by atoms with Crippen molar-refractivity contribution < 1.29 is 0 Å². The Labute approximate surface area is 155 Å². The highest BCUT2D eigenvalue weighted by Crippen LogP contribution is 2.23. The maximum atomic E-state index is 6.12. The number of piperazine rings is 1. The van der Waals surface area contributed by atoms with Gasteiger partial charge in [0.2, 0.25) is 0 Å². The first-order valence-corrected chi connectivity index (χ1v) is 9.95. The molecule has 1 aromatic carbocycles. The average Bonchev–Trinajstić information content (AvgIpc) is 3.06. The molecule has 0 amide bonds. The molecule has 1 aliphatic carbocycles. The number of nitrogens with one attached hydrogen (secondary N) is 1. The molecule has 0 radical (unpaired) electrons. The summed E-state index contributed by atoms with van der Waals surface area (Å²) >= 11 is 6.12. The Morgan fingerprint density at radius 1 is 1.08 bits per heavy atom. The number of halogens is 1. The lowest BCUT2D eigenvalue weighted by Gasteiger charge is -2.36. The van der Waals surface area contributed by atoms with E-state index < -0.39 is 0 Å². The molecule has 4 rings (SSSR count). The fraction of sp³-hybridized carbons (Fsp3) is 0.550. The molecular weight excluding hydrogens is 332 g/mol. The van der Waals surface area contributed by atoms with Gasteiger partial charge in [-0.2, -0.15) is 5.10 Å². The summed E-state index contributed by atoms with van der Waals surface area (Å²) in [7, 11) is 0. The van der Waals surface area contributed by atoms with Gasteiger partial charge in [0.05, 0.1) is 5.69 Å². The van der Waals surface area contributed by atoms with Crippen LogP contribution in [0, 0.1) is 0 Å². The van der Waals surface area contributed by atoms with Crippen LogP contribution in [0.4, 0.5) is 5.69 Å². The molecule has 25 heavy (non-hydrogen) atoms. The zero-order chi connectivity index (χ0) is 17.1. The molecule has 1 N–H and O–H groups in total. The van der Waals surface area contributed by atoms with Crippen molar-refractivity contribution in [2.45, 2.75) is 38.5 Å². The van der Waals surface area contributed by atoms with Crippen LogP contribution in [0.1, 0.15) is 36.2 Å². The first-order chi connectivity index (χ1) is 12.3. The van der Waals surface area contributed by atoms with E-state index in [4.69, 9.17) is 11.6 Å². The van der Waals surface area contributed by atoms with Gasteiger partial charge >= 0.3 is 0 Å². The molecule has 1 aromatic heterocycles. The van der Waals surface area contributed by atoms with Crippen LogP contribution >= 0.6 is 11.6 Å². The van der Waals surface area contributed by atoms with Crippen LogP contribution in [0.15, 0.2) is 24.3 Å². The van der Waals surface area contributed by atoms with Crippen molar-refractivity contribution in [3.8, 4) is 0 Å². The van der Waals surface area contributed by atoms with Gasteiger partial charge in [0.1, 0.15) is 0 Å². The molecule has 0 saturated carbocycles. The molecule has 0 bridgehead atoms. The Balaban J connectivity index is 1.23. The second kappa shape index (κ2) is 7.79. The van der Waals surface area contributed by atoms with E-state index in [0.717, 1.165) is 44.0 Å². The Bertz CT molecular complexity index is 703. The molecule has 0 unspecified atom stereocenters. The summed E-state index contributed by atoms with van der Waals surface area (Å²) in [5.74, 6) is 0. The highest BCUT2D eigenvalue weighted by atomic mass is 35.5. The summed E-state index contributed by atoms with van der Waals surface area (Å²) < 4.78 is 0. The molecular formula is C20H27ClN4. The molecule has 2 aliphatic rings. The number of fused-ring (bicyclic) bond motifs is 1. The van der Waals surface area contributed by atoms with E-state index in [1.165, 1.54) is 54.9 Å². The zero-order valence-electron chi connectivity index (χ0n) is 14.8. The highest BCUT2D eigenvalue weighted by Gasteiger charge is 2.19. The van der Waals surface area contributed by atoms with Gasteiger partial charge in [-0.05, 0) is 68.8 Å². The standard InChI is InChI=1S/C20H27ClN4/c21-16-5-3-6-17(15-16)25-13-11-24(12-14-25)10-4-9-20-18-7-1-2-8-19(18)22-23-20/h3,5-6,15H,1-2,4,7-14H2,(H,22,23). The summed E-state index contributed by atoms with van der Waals surface area (Å²) in [5, 5.41) is 8.64. The van der Waals surface area contributed by atoms with Crippen LogP contribution in [0.2, 0.25) is 5.02 Å². The minimum Gasteiger partial charge on any atom is -0.369 e. The van der Waals surface area contributed by atoms with Crippen LogP contribution in [0.3, 0.4) is 0 Å². The number of rotatable bonds is 5. The van der Waals surface area contributed by atoms with Crippen LogP contribution in [-0.4, -0.2) is 47.8 Å². The number of aryl methyl sites for hydroxylation is 2. The van der Waals surface area contributed by atoms with E-state index in [-0.39, 0.29) is 0 Å². The monoisotopic (exact) mass is 358 g/mol. The number of hydrogen-bond acceptors (Lipinski definition) is 3. The van der Waals surface area contributed by atoms with Crippen molar-refractivity contribution in [2.24, 2.45) is 0 Å². The molecule has 2 aromatic rings. The molecule has 0 atom stereocenters. The van der Waals surface area contributed by atoms with Gasteiger partial charge in [0.15, 0.2) is 0 Å². The fourth-order valence-corrected chi connectivity index (χ4v) is 4.31. The number of aromatic nitrogens is 2. The van der Waals surface area contributed by atoms with E-state index >= 15 is 0 Å². The summed E-state index contributed by atoms with van der Waals surface area (Å²) in [6, 6.07) is 8.20. The quantitative estimate of drug-likeness (QED) is 0.885. The lowest BCUT2D eigenvalue weighted by molar-refractivity contribution is 0.255. The van der Waals surface area contributed by atoms with Crippen LogP contribution < -0.4 is 4.90 Å². The van der Waals surface area contributed by atoms with Crippen LogP contribution in [-0.2, 0) is 19.3 Å².